The molecule has 1 unspecified atom stereocenters. The molecule has 0 N–H and O–H groups in total. The molecule has 1 atom stereocenters. The highest BCUT2D eigenvalue weighted by atomic mass is 16.6. The van der Waals surface area contributed by atoms with E-state index in [1.807, 2.05) is 0 Å². The number of allylic oxidation sites excluding steroid dienone is 28. The van der Waals surface area contributed by atoms with Crippen LogP contribution in [0, 0.1) is 0 Å². The molecule has 0 aliphatic heterocycles. The number of hydrogen-bond donors (Lipinski definition) is 0. The molecular formula is C75H118O6. The Morgan fingerprint density at radius 1 is 0.259 bits per heavy atom. The molecule has 0 radical (unpaired) electrons. The van der Waals surface area contributed by atoms with Crippen LogP contribution >= 0.6 is 0 Å². The molecule has 0 aromatic rings. The van der Waals surface area contributed by atoms with Crippen molar-refractivity contribution in [2.75, 3.05) is 13.2 Å². The highest BCUT2D eigenvalue weighted by molar-refractivity contribution is 5.71. The van der Waals surface area contributed by atoms with E-state index in [9.17, 15) is 14.4 Å². The summed E-state index contributed by atoms with van der Waals surface area (Å²) < 4.78 is 16.9. The third kappa shape index (κ3) is 65.5. The summed E-state index contributed by atoms with van der Waals surface area (Å²) in [6.07, 6.45) is 99.3. The monoisotopic (exact) mass is 1110 g/mol. The largest absolute Gasteiger partial charge is 0.462 e. The van der Waals surface area contributed by atoms with Gasteiger partial charge in [-0.05, 0) is 148 Å². The summed E-state index contributed by atoms with van der Waals surface area (Å²) in [7, 11) is 0. The maximum atomic E-state index is 12.9. The van der Waals surface area contributed by atoms with E-state index >= 15 is 0 Å². The fraction of sp³-hybridized carbons (Fsp3) is 0.587. The van der Waals surface area contributed by atoms with Crippen LogP contribution in [0.5, 0.6) is 0 Å². The number of esters is 3. The first-order valence-electron chi connectivity index (χ1n) is 32.6. The van der Waals surface area contributed by atoms with Gasteiger partial charge in [-0.3, -0.25) is 14.4 Å². The predicted octanol–water partition coefficient (Wildman–Crippen LogP) is 22.7. The Bertz CT molecular complexity index is 1860. The van der Waals surface area contributed by atoms with Crippen LogP contribution in [0.3, 0.4) is 0 Å². The van der Waals surface area contributed by atoms with Crippen molar-refractivity contribution in [3.63, 3.8) is 0 Å². The second kappa shape index (κ2) is 67.3. The second-order valence-electron chi connectivity index (χ2n) is 20.9. The van der Waals surface area contributed by atoms with Crippen molar-refractivity contribution in [1.82, 2.24) is 0 Å². The first-order chi connectivity index (χ1) is 40.0. The molecule has 0 aromatic carbocycles. The summed E-state index contributed by atoms with van der Waals surface area (Å²) in [6.45, 7) is 6.32. The van der Waals surface area contributed by atoms with Crippen LogP contribution in [-0.4, -0.2) is 37.2 Å². The summed E-state index contributed by atoms with van der Waals surface area (Å²) in [6, 6.07) is 0. The average molecular weight is 1120 g/mol. The lowest BCUT2D eigenvalue weighted by atomic mass is 10.1. The van der Waals surface area contributed by atoms with Gasteiger partial charge in [0.2, 0.25) is 0 Å². The molecule has 0 aliphatic rings. The fourth-order valence-electron chi connectivity index (χ4n) is 8.35. The lowest BCUT2D eigenvalue weighted by Gasteiger charge is -2.18. The van der Waals surface area contributed by atoms with E-state index in [0.29, 0.717) is 19.3 Å². The minimum Gasteiger partial charge on any atom is -0.462 e. The molecule has 0 heterocycles. The highest BCUT2D eigenvalue weighted by Crippen LogP contribution is 2.14. The van der Waals surface area contributed by atoms with Crippen LogP contribution in [0.15, 0.2) is 170 Å². The lowest BCUT2D eigenvalue weighted by molar-refractivity contribution is -0.167. The van der Waals surface area contributed by atoms with Gasteiger partial charge < -0.3 is 14.2 Å². The third-order valence-electron chi connectivity index (χ3n) is 13.2. The zero-order valence-electron chi connectivity index (χ0n) is 52.0. The molecule has 0 bridgehead atoms. The molecule has 0 amide bonds. The van der Waals surface area contributed by atoms with Crippen molar-refractivity contribution in [2.45, 2.75) is 271 Å². The summed E-state index contributed by atoms with van der Waals surface area (Å²) in [4.78, 5) is 38.3. The summed E-state index contributed by atoms with van der Waals surface area (Å²) in [5.41, 5.74) is 0. The molecule has 0 saturated heterocycles. The smallest absolute Gasteiger partial charge is 0.306 e. The Hall–Kier alpha value is -5.23. The van der Waals surface area contributed by atoms with Crippen LogP contribution in [-0.2, 0) is 28.6 Å². The van der Waals surface area contributed by atoms with Crippen LogP contribution in [0.1, 0.15) is 265 Å². The standard InChI is InChI=1S/C75H118O6/c1-4-7-10-13-16-19-22-24-26-28-30-32-34-36-37-39-40-42-44-46-48-50-53-56-59-62-65-68-74(77)80-71-72(70-79-73(76)67-64-61-58-55-52-21-18-15-12-9-6-3)81-75(78)69-66-63-60-57-54-51-49-47-45-43-41-38-35-33-31-29-27-25-23-20-17-14-11-8-5-2/h7-8,10-11,15-20,24-27,30-33,36-38,40-42,45,47,51,54,72H,4-6,9,12-14,21-23,28-29,34-35,39,43-44,46,48-50,52-53,55-71H2,1-3H3/b10-7-,11-8-,18-15-,19-16-,20-17-,26-24-,27-25-,32-30-,33-31-,37-36-,41-38-,42-40-,47-45-,54-51-. The quantitative estimate of drug-likeness (QED) is 0.0261. The first kappa shape index (κ1) is 75.8. The first-order valence-corrected chi connectivity index (χ1v) is 32.6. The van der Waals surface area contributed by atoms with Crippen molar-refractivity contribution in [3.05, 3.63) is 170 Å². The summed E-state index contributed by atoms with van der Waals surface area (Å²) in [5.74, 6) is -0.962. The highest BCUT2D eigenvalue weighted by Gasteiger charge is 2.19. The Morgan fingerprint density at radius 2 is 0.481 bits per heavy atom. The van der Waals surface area contributed by atoms with Crippen molar-refractivity contribution in [2.24, 2.45) is 0 Å². The number of rotatable bonds is 57. The van der Waals surface area contributed by atoms with Gasteiger partial charge in [-0.1, -0.05) is 268 Å². The molecule has 0 fully saturated rings. The maximum Gasteiger partial charge on any atom is 0.306 e. The number of unbranched alkanes of at least 4 members (excludes halogenated alkanes) is 18. The van der Waals surface area contributed by atoms with Crippen LogP contribution in [0.25, 0.3) is 0 Å². The van der Waals surface area contributed by atoms with Crippen LogP contribution < -0.4 is 0 Å². The molecule has 0 spiro atoms. The van der Waals surface area contributed by atoms with Gasteiger partial charge in [-0.15, -0.1) is 0 Å². The Balaban J connectivity index is 4.41. The Labute approximate surface area is 498 Å². The van der Waals surface area contributed by atoms with E-state index in [1.54, 1.807) is 0 Å². The molecule has 0 aromatic heterocycles. The van der Waals surface area contributed by atoms with E-state index in [1.165, 1.54) is 57.8 Å². The van der Waals surface area contributed by atoms with E-state index in [2.05, 4.69) is 191 Å². The summed E-state index contributed by atoms with van der Waals surface area (Å²) in [5, 5.41) is 0. The second-order valence-corrected chi connectivity index (χ2v) is 20.9. The molecule has 6 nitrogen and oxygen atoms in total. The lowest BCUT2D eigenvalue weighted by Crippen LogP contribution is -2.30. The molecule has 454 valence electrons. The van der Waals surface area contributed by atoms with Gasteiger partial charge in [0.05, 0.1) is 0 Å². The molecule has 0 saturated carbocycles. The van der Waals surface area contributed by atoms with Gasteiger partial charge in [0, 0.05) is 19.3 Å². The predicted molar refractivity (Wildman–Crippen MR) is 352 cm³/mol. The van der Waals surface area contributed by atoms with Crippen molar-refractivity contribution in [1.29, 1.82) is 0 Å². The number of hydrogen-bond acceptors (Lipinski definition) is 6. The molecule has 6 heteroatoms. The van der Waals surface area contributed by atoms with Crippen molar-refractivity contribution >= 4 is 17.9 Å². The molecule has 81 heavy (non-hydrogen) atoms. The van der Waals surface area contributed by atoms with Gasteiger partial charge >= 0.3 is 17.9 Å². The van der Waals surface area contributed by atoms with Crippen molar-refractivity contribution < 1.29 is 28.6 Å². The number of ether oxygens (including phenoxy) is 3. The minimum atomic E-state index is -0.813. The normalized spacial score (nSPS) is 13.3. The van der Waals surface area contributed by atoms with Gasteiger partial charge in [-0.2, -0.15) is 0 Å². The van der Waals surface area contributed by atoms with Gasteiger partial charge in [0.1, 0.15) is 13.2 Å². The number of carbonyl (C=O) groups is 3. The van der Waals surface area contributed by atoms with E-state index < -0.39 is 6.10 Å². The van der Waals surface area contributed by atoms with Gasteiger partial charge in [0.15, 0.2) is 6.10 Å². The van der Waals surface area contributed by atoms with E-state index in [4.69, 9.17) is 14.2 Å². The molecule has 0 aliphatic carbocycles. The molecule has 0 rings (SSSR count). The van der Waals surface area contributed by atoms with E-state index in [-0.39, 0.29) is 37.5 Å². The zero-order chi connectivity index (χ0) is 58.5. The Kier molecular flexibility index (Phi) is 62.9. The van der Waals surface area contributed by atoms with Crippen molar-refractivity contribution in [3.8, 4) is 0 Å². The van der Waals surface area contributed by atoms with Crippen LogP contribution in [0.2, 0.25) is 0 Å². The van der Waals surface area contributed by atoms with Crippen LogP contribution in [0.4, 0.5) is 0 Å². The SMILES string of the molecule is CC/C=C\C/C=C\C/C=C\C/C=C\C/C=C\C/C=C\C/C=C\CCCCCC(=O)OC(COC(=O)CCCCCCC/C=C\CCCC)COC(=O)CCCCCCCCCC/C=C\C/C=C\C/C=C\C/C=C\C/C=C\C/C=C\CC. The third-order valence-corrected chi connectivity index (χ3v) is 13.2. The topological polar surface area (TPSA) is 78.9 Å². The van der Waals surface area contributed by atoms with Gasteiger partial charge in [-0.25, -0.2) is 0 Å². The van der Waals surface area contributed by atoms with E-state index in [0.717, 1.165) is 161 Å². The number of carbonyl (C=O) groups excluding carboxylic acids is 3. The fourth-order valence-corrected chi connectivity index (χ4v) is 8.35. The maximum absolute atomic E-state index is 12.9. The summed E-state index contributed by atoms with van der Waals surface area (Å²) >= 11 is 0. The minimum absolute atomic E-state index is 0.106. The molecular weight excluding hydrogens is 997 g/mol. The average Bonchev–Trinajstić information content (AvgIpc) is 3.47. The van der Waals surface area contributed by atoms with Gasteiger partial charge in [0.25, 0.3) is 0 Å². The Morgan fingerprint density at radius 3 is 0.778 bits per heavy atom. The zero-order valence-corrected chi connectivity index (χ0v) is 52.0.